The molecule has 0 aliphatic heterocycles. The number of benzene rings is 2. The van der Waals surface area contributed by atoms with Crippen molar-refractivity contribution in [1.82, 2.24) is 0 Å². The molecule has 2 N–H and O–H groups in total. The van der Waals surface area contributed by atoms with Crippen molar-refractivity contribution in [2.45, 2.75) is 32.6 Å². The molecule has 0 radical (unpaired) electrons. The Kier molecular flexibility index (Phi) is 6.36. The van der Waals surface area contributed by atoms with Crippen LogP contribution in [0.5, 0.6) is 0 Å². The van der Waals surface area contributed by atoms with E-state index in [4.69, 9.17) is 0 Å². The Bertz CT molecular complexity index is 653. The van der Waals surface area contributed by atoms with Crippen LogP contribution in [0.2, 0.25) is 0 Å². The number of hydrogen-bond donors (Lipinski definition) is 2. The highest BCUT2D eigenvalue weighted by Crippen LogP contribution is 2.16. The van der Waals surface area contributed by atoms with Gasteiger partial charge < -0.3 is 10.6 Å². The molecule has 0 atom stereocenters. The van der Waals surface area contributed by atoms with Gasteiger partial charge in [0.15, 0.2) is 0 Å². The highest BCUT2D eigenvalue weighted by Gasteiger charge is 2.05. The number of hydrogen-bond acceptors (Lipinski definition) is 2. The molecule has 4 nitrogen and oxygen atoms in total. The van der Waals surface area contributed by atoms with Gasteiger partial charge in [-0.05, 0) is 36.6 Å². The van der Waals surface area contributed by atoms with E-state index < -0.39 is 0 Å². The van der Waals surface area contributed by atoms with Crippen LogP contribution in [-0.2, 0) is 16.0 Å². The Morgan fingerprint density at radius 3 is 2.04 bits per heavy atom. The Morgan fingerprint density at radius 1 is 0.826 bits per heavy atom. The van der Waals surface area contributed by atoms with Crippen molar-refractivity contribution in [1.29, 1.82) is 0 Å². The number of carbonyl (C=O) groups is 2. The van der Waals surface area contributed by atoms with Gasteiger partial charge in [0.1, 0.15) is 0 Å². The highest BCUT2D eigenvalue weighted by atomic mass is 16.2. The van der Waals surface area contributed by atoms with Crippen molar-refractivity contribution in [3.8, 4) is 0 Å². The molecule has 2 aromatic carbocycles. The van der Waals surface area contributed by atoms with Crippen LogP contribution < -0.4 is 10.6 Å². The van der Waals surface area contributed by atoms with E-state index in [-0.39, 0.29) is 11.8 Å². The molecule has 0 heterocycles. The van der Waals surface area contributed by atoms with Crippen LogP contribution in [0.4, 0.5) is 11.4 Å². The second-order valence-electron chi connectivity index (χ2n) is 5.41. The Hall–Kier alpha value is -2.62. The Labute approximate surface area is 136 Å². The lowest BCUT2D eigenvalue weighted by Crippen LogP contribution is -2.13. The van der Waals surface area contributed by atoms with E-state index in [9.17, 15) is 9.59 Å². The van der Waals surface area contributed by atoms with Gasteiger partial charge in [-0.3, -0.25) is 9.59 Å². The summed E-state index contributed by atoms with van der Waals surface area (Å²) in [5.41, 5.74) is 2.53. The molecule has 0 aliphatic rings. The largest absolute Gasteiger partial charge is 0.326 e. The third kappa shape index (κ3) is 5.94. The summed E-state index contributed by atoms with van der Waals surface area (Å²) in [6.45, 7) is 1.96. The predicted molar refractivity (Wildman–Crippen MR) is 93.4 cm³/mol. The minimum absolute atomic E-state index is 0.0138. The van der Waals surface area contributed by atoms with Crippen LogP contribution in [0.15, 0.2) is 54.6 Å². The van der Waals surface area contributed by atoms with E-state index in [1.807, 2.05) is 55.5 Å². The molecule has 0 unspecified atom stereocenters. The van der Waals surface area contributed by atoms with Crippen LogP contribution in [0.25, 0.3) is 0 Å². The van der Waals surface area contributed by atoms with Gasteiger partial charge in [-0.25, -0.2) is 0 Å². The summed E-state index contributed by atoms with van der Waals surface area (Å²) in [5.74, 6) is -0.0501. The molecule has 0 spiro atoms. The van der Waals surface area contributed by atoms with Gasteiger partial charge in [0.25, 0.3) is 0 Å². The maximum atomic E-state index is 12.0. The minimum atomic E-state index is -0.0362. The standard InChI is InChI=1S/C19H22N2O2/c1-2-7-18(22)20-16-10-6-11-17(14-16)21-19(23)13-12-15-8-4-3-5-9-15/h3-6,8-11,14H,2,7,12-13H2,1H3,(H,20,22)(H,21,23). The lowest BCUT2D eigenvalue weighted by molar-refractivity contribution is -0.117. The Balaban J connectivity index is 1.87. The third-order valence-corrected chi connectivity index (χ3v) is 3.39. The van der Waals surface area contributed by atoms with Crippen LogP contribution in [0.1, 0.15) is 31.7 Å². The van der Waals surface area contributed by atoms with Gasteiger partial charge in [0, 0.05) is 24.2 Å². The number of nitrogens with one attached hydrogen (secondary N) is 2. The summed E-state index contributed by atoms with van der Waals surface area (Å²) in [7, 11) is 0. The van der Waals surface area contributed by atoms with Crippen molar-refractivity contribution < 1.29 is 9.59 Å². The van der Waals surface area contributed by atoms with Crippen molar-refractivity contribution in [2.75, 3.05) is 10.6 Å². The summed E-state index contributed by atoms with van der Waals surface area (Å²) >= 11 is 0. The van der Waals surface area contributed by atoms with Crippen LogP contribution >= 0.6 is 0 Å². The Morgan fingerprint density at radius 2 is 1.43 bits per heavy atom. The second-order valence-corrected chi connectivity index (χ2v) is 5.41. The molecule has 0 bridgehead atoms. The molecular formula is C19H22N2O2. The van der Waals surface area contributed by atoms with E-state index in [2.05, 4.69) is 10.6 Å². The smallest absolute Gasteiger partial charge is 0.224 e. The minimum Gasteiger partial charge on any atom is -0.326 e. The first-order valence-corrected chi connectivity index (χ1v) is 7.91. The predicted octanol–water partition coefficient (Wildman–Crippen LogP) is 4.00. The second kappa shape index (κ2) is 8.73. The van der Waals surface area contributed by atoms with E-state index >= 15 is 0 Å². The van der Waals surface area contributed by atoms with Crippen LogP contribution in [-0.4, -0.2) is 11.8 Å². The molecule has 2 amide bonds. The van der Waals surface area contributed by atoms with Crippen LogP contribution in [0, 0.1) is 0 Å². The molecular weight excluding hydrogens is 288 g/mol. The zero-order valence-corrected chi connectivity index (χ0v) is 13.3. The zero-order valence-electron chi connectivity index (χ0n) is 13.3. The quantitative estimate of drug-likeness (QED) is 0.812. The number of carbonyl (C=O) groups excluding carboxylic acids is 2. The summed E-state index contributed by atoms with van der Waals surface area (Å²) < 4.78 is 0. The highest BCUT2D eigenvalue weighted by molar-refractivity contribution is 5.94. The molecule has 2 aromatic rings. The number of anilines is 2. The van der Waals surface area contributed by atoms with E-state index in [0.29, 0.717) is 30.6 Å². The molecule has 0 saturated carbocycles. The van der Waals surface area contributed by atoms with Crippen molar-refractivity contribution >= 4 is 23.2 Å². The van der Waals surface area contributed by atoms with Crippen molar-refractivity contribution in [3.05, 3.63) is 60.2 Å². The molecule has 4 heteroatoms. The SMILES string of the molecule is CCCC(=O)Nc1cccc(NC(=O)CCc2ccccc2)c1. The average molecular weight is 310 g/mol. The van der Waals surface area contributed by atoms with Gasteiger partial charge in [0.05, 0.1) is 0 Å². The van der Waals surface area contributed by atoms with Gasteiger partial charge >= 0.3 is 0 Å². The molecule has 2 rings (SSSR count). The van der Waals surface area contributed by atoms with Gasteiger partial charge in [-0.2, -0.15) is 0 Å². The maximum absolute atomic E-state index is 12.0. The maximum Gasteiger partial charge on any atom is 0.224 e. The van der Waals surface area contributed by atoms with Crippen molar-refractivity contribution in [3.63, 3.8) is 0 Å². The fourth-order valence-corrected chi connectivity index (χ4v) is 2.25. The average Bonchev–Trinajstić information content (AvgIpc) is 2.54. The van der Waals surface area contributed by atoms with Crippen LogP contribution in [0.3, 0.4) is 0 Å². The molecule has 23 heavy (non-hydrogen) atoms. The molecule has 120 valence electrons. The van der Waals surface area contributed by atoms with E-state index in [1.165, 1.54) is 0 Å². The van der Waals surface area contributed by atoms with Gasteiger partial charge in [-0.15, -0.1) is 0 Å². The molecule has 0 saturated heterocycles. The lowest BCUT2D eigenvalue weighted by Gasteiger charge is -2.09. The topological polar surface area (TPSA) is 58.2 Å². The zero-order chi connectivity index (χ0) is 16.5. The lowest BCUT2D eigenvalue weighted by atomic mass is 10.1. The normalized spacial score (nSPS) is 10.1. The number of aryl methyl sites for hydroxylation is 1. The first-order valence-electron chi connectivity index (χ1n) is 7.91. The molecule has 0 fully saturated rings. The molecule has 0 aromatic heterocycles. The summed E-state index contributed by atoms with van der Waals surface area (Å²) in [5, 5.41) is 5.69. The van der Waals surface area contributed by atoms with E-state index in [1.54, 1.807) is 6.07 Å². The first kappa shape index (κ1) is 16.7. The van der Waals surface area contributed by atoms with Gasteiger partial charge in [0.2, 0.25) is 11.8 Å². The monoisotopic (exact) mass is 310 g/mol. The summed E-state index contributed by atoms with van der Waals surface area (Å²) in [6.07, 6.45) is 2.44. The fourth-order valence-electron chi connectivity index (χ4n) is 2.25. The van der Waals surface area contributed by atoms with E-state index in [0.717, 1.165) is 12.0 Å². The summed E-state index contributed by atoms with van der Waals surface area (Å²) in [4.78, 5) is 23.6. The summed E-state index contributed by atoms with van der Waals surface area (Å²) in [6, 6.07) is 17.1. The van der Waals surface area contributed by atoms with Gasteiger partial charge in [-0.1, -0.05) is 43.3 Å². The first-order chi connectivity index (χ1) is 11.2. The fraction of sp³-hybridized carbons (Fsp3) is 0.263. The third-order valence-electron chi connectivity index (χ3n) is 3.39. The number of rotatable bonds is 7. The van der Waals surface area contributed by atoms with Crippen molar-refractivity contribution in [2.24, 2.45) is 0 Å². The number of amides is 2. The molecule has 0 aliphatic carbocycles.